The molecule has 0 aliphatic heterocycles. The van der Waals surface area contributed by atoms with Crippen molar-refractivity contribution in [2.45, 2.75) is 0 Å². The van der Waals surface area contributed by atoms with Crippen LogP contribution in [0.5, 0.6) is 5.75 Å². The van der Waals surface area contributed by atoms with Crippen molar-refractivity contribution in [2.75, 3.05) is 17.4 Å². The van der Waals surface area contributed by atoms with Crippen molar-refractivity contribution in [3.05, 3.63) is 65.5 Å². The van der Waals surface area contributed by atoms with Crippen LogP contribution in [-0.2, 0) is 0 Å². The summed E-state index contributed by atoms with van der Waals surface area (Å²) < 4.78 is 5.57. The Morgan fingerprint density at radius 3 is 2.88 bits per heavy atom. The van der Waals surface area contributed by atoms with Gasteiger partial charge in [0.05, 0.1) is 18.5 Å². The summed E-state index contributed by atoms with van der Waals surface area (Å²) in [5.74, 6) is 0.832. The lowest BCUT2D eigenvalue weighted by Crippen LogP contribution is -1.98. The molecule has 0 radical (unpaired) electrons. The molecule has 1 heterocycles. The first kappa shape index (κ1) is 16.7. The highest BCUT2D eigenvalue weighted by atomic mass is 79.9. The van der Waals surface area contributed by atoms with Crippen molar-refractivity contribution < 1.29 is 4.74 Å². The summed E-state index contributed by atoms with van der Waals surface area (Å²) in [6, 6.07) is 17.9. The molecule has 0 amide bonds. The number of hydrogen-bond acceptors (Lipinski definition) is 5. The quantitative estimate of drug-likeness (QED) is 0.343. The van der Waals surface area contributed by atoms with Gasteiger partial charge in [-0.1, -0.05) is 58.4 Å². The number of rotatable bonds is 7. The van der Waals surface area contributed by atoms with Gasteiger partial charge in [0.25, 0.3) is 0 Å². The largest absolute Gasteiger partial charge is 0.493 e. The van der Waals surface area contributed by atoms with Crippen LogP contribution in [0.15, 0.2) is 65.1 Å². The van der Waals surface area contributed by atoms with Crippen molar-refractivity contribution in [3.8, 4) is 17.0 Å². The van der Waals surface area contributed by atoms with Crippen LogP contribution in [0.2, 0.25) is 0 Å². The molecule has 122 valence electrons. The van der Waals surface area contributed by atoms with Crippen molar-refractivity contribution in [1.29, 1.82) is 0 Å². The molecule has 3 aromatic rings. The number of anilines is 1. The van der Waals surface area contributed by atoms with E-state index < -0.39 is 0 Å². The van der Waals surface area contributed by atoms with Crippen LogP contribution in [0.3, 0.4) is 0 Å². The van der Waals surface area contributed by atoms with Gasteiger partial charge in [0, 0.05) is 16.3 Å². The summed E-state index contributed by atoms with van der Waals surface area (Å²) in [7, 11) is 0. The maximum atomic E-state index is 5.57. The number of thiazole rings is 1. The van der Waals surface area contributed by atoms with Crippen LogP contribution < -0.4 is 10.2 Å². The summed E-state index contributed by atoms with van der Waals surface area (Å²) in [4.78, 5) is 4.53. The minimum absolute atomic E-state index is 0.639. The third kappa shape index (κ3) is 4.66. The van der Waals surface area contributed by atoms with Gasteiger partial charge in [-0.25, -0.2) is 4.98 Å². The van der Waals surface area contributed by atoms with Crippen LogP contribution in [-0.4, -0.2) is 23.1 Å². The lowest BCUT2D eigenvalue weighted by Gasteiger charge is -2.04. The smallest absolute Gasteiger partial charge is 0.203 e. The Bertz CT molecular complexity index is 805. The van der Waals surface area contributed by atoms with E-state index in [-0.39, 0.29) is 0 Å². The Labute approximate surface area is 153 Å². The fourth-order valence-electron chi connectivity index (χ4n) is 2.07. The number of nitrogens with zero attached hydrogens (tertiary/aromatic N) is 2. The maximum absolute atomic E-state index is 5.57. The summed E-state index contributed by atoms with van der Waals surface area (Å²) in [6.07, 6.45) is 1.75. The van der Waals surface area contributed by atoms with E-state index in [1.807, 2.05) is 60.0 Å². The third-order valence-corrected chi connectivity index (χ3v) is 4.22. The van der Waals surface area contributed by atoms with E-state index in [9.17, 15) is 0 Å². The molecule has 2 aromatic carbocycles. The van der Waals surface area contributed by atoms with E-state index in [1.54, 1.807) is 6.21 Å². The predicted molar refractivity (Wildman–Crippen MR) is 104 cm³/mol. The first-order valence-electron chi connectivity index (χ1n) is 7.44. The van der Waals surface area contributed by atoms with Crippen molar-refractivity contribution >= 4 is 38.6 Å². The lowest BCUT2D eigenvalue weighted by atomic mass is 10.2. The third-order valence-electron chi connectivity index (χ3n) is 3.15. The Morgan fingerprint density at radius 2 is 2.04 bits per heavy atom. The molecule has 0 aliphatic rings. The second-order valence-corrected chi connectivity index (χ2v) is 6.53. The van der Waals surface area contributed by atoms with E-state index >= 15 is 0 Å². The predicted octanol–water partition coefficient (Wildman–Crippen LogP) is 5.03. The fourth-order valence-corrected chi connectivity index (χ4v) is 2.90. The van der Waals surface area contributed by atoms with E-state index in [4.69, 9.17) is 4.74 Å². The highest BCUT2D eigenvalue weighted by Gasteiger charge is 2.02. The standard InChI is InChI=1S/C18H16BrN3OS/c19-9-10-23-16-8-4-5-14(11-16)12-20-22-18-21-17(13-24-18)15-6-2-1-3-7-15/h1-8,11-13H,9-10H2,(H,21,22). The summed E-state index contributed by atoms with van der Waals surface area (Å²) in [5, 5.41) is 7.83. The number of hydrogen-bond donors (Lipinski definition) is 1. The van der Waals surface area contributed by atoms with Gasteiger partial charge in [0.2, 0.25) is 5.13 Å². The highest BCUT2D eigenvalue weighted by Crippen LogP contribution is 2.24. The zero-order valence-electron chi connectivity index (χ0n) is 12.9. The van der Waals surface area contributed by atoms with Crippen LogP contribution in [0, 0.1) is 0 Å². The van der Waals surface area contributed by atoms with Gasteiger partial charge in [0.15, 0.2) is 0 Å². The van der Waals surface area contributed by atoms with Gasteiger partial charge in [0.1, 0.15) is 5.75 Å². The Balaban J connectivity index is 1.61. The van der Waals surface area contributed by atoms with Gasteiger partial charge in [-0.15, -0.1) is 11.3 Å². The average molecular weight is 402 g/mol. The molecule has 0 saturated heterocycles. The molecule has 0 aliphatic carbocycles. The zero-order chi connectivity index (χ0) is 16.6. The number of hydrazone groups is 1. The van der Waals surface area contributed by atoms with E-state index in [2.05, 4.69) is 31.4 Å². The molecule has 0 unspecified atom stereocenters. The molecule has 24 heavy (non-hydrogen) atoms. The summed E-state index contributed by atoms with van der Waals surface area (Å²) in [5.41, 5.74) is 5.99. The topological polar surface area (TPSA) is 46.5 Å². The van der Waals surface area contributed by atoms with Gasteiger partial charge in [-0.2, -0.15) is 5.10 Å². The molecular formula is C18H16BrN3OS. The SMILES string of the molecule is BrCCOc1cccc(C=NNc2nc(-c3ccccc3)cs2)c1. The number of aromatic nitrogens is 1. The molecule has 0 atom stereocenters. The molecule has 3 rings (SSSR count). The van der Waals surface area contributed by atoms with Gasteiger partial charge < -0.3 is 4.74 Å². The normalized spacial score (nSPS) is 10.9. The summed E-state index contributed by atoms with van der Waals surface area (Å²) >= 11 is 4.87. The molecule has 0 fully saturated rings. The number of nitrogens with one attached hydrogen (secondary N) is 1. The van der Waals surface area contributed by atoms with Crippen molar-refractivity contribution in [1.82, 2.24) is 4.98 Å². The Hall–Kier alpha value is -2.18. The second kappa shape index (κ2) is 8.61. The van der Waals surface area contributed by atoms with E-state index in [1.165, 1.54) is 11.3 Å². The number of benzene rings is 2. The van der Waals surface area contributed by atoms with Crippen molar-refractivity contribution in [2.24, 2.45) is 5.10 Å². The Morgan fingerprint density at radius 1 is 1.17 bits per heavy atom. The fraction of sp³-hybridized carbons (Fsp3) is 0.111. The van der Waals surface area contributed by atoms with Crippen molar-refractivity contribution in [3.63, 3.8) is 0 Å². The van der Waals surface area contributed by atoms with Crippen LogP contribution in [0.4, 0.5) is 5.13 Å². The zero-order valence-corrected chi connectivity index (χ0v) is 15.3. The molecular weight excluding hydrogens is 386 g/mol. The molecule has 0 bridgehead atoms. The number of ether oxygens (including phenoxy) is 1. The van der Waals surface area contributed by atoms with Crippen LogP contribution >= 0.6 is 27.3 Å². The maximum Gasteiger partial charge on any atom is 0.203 e. The minimum Gasteiger partial charge on any atom is -0.493 e. The minimum atomic E-state index is 0.639. The first-order chi connectivity index (χ1) is 11.8. The Kier molecular flexibility index (Phi) is 5.98. The summed E-state index contributed by atoms with van der Waals surface area (Å²) in [6.45, 7) is 0.639. The van der Waals surface area contributed by atoms with Crippen LogP contribution in [0.1, 0.15) is 5.56 Å². The highest BCUT2D eigenvalue weighted by molar-refractivity contribution is 9.09. The molecule has 6 heteroatoms. The van der Waals surface area contributed by atoms with Gasteiger partial charge >= 0.3 is 0 Å². The van der Waals surface area contributed by atoms with Gasteiger partial charge in [-0.05, 0) is 17.7 Å². The van der Waals surface area contributed by atoms with Crippen LogP contribution in [0.25, 0.3) is 11.3 Å². The molecule has 1 aromatic heterocycles. The molecule has 4 nitrogen and oxygen atoms in total. The average Bonchev–Trinajstić information content (AvgIpc) is 3.10. The second-order valence-electron chi connectivity index (χ2n) is 4.88. The monoisotopic (exact) mass is 401 g/mol. The number of alkyl halides is 1. The molecule has 0 spiro atoms. The van der Waals surface area contributed by atoms with Gasteiger partial charge in [-0.3, -0.25) is 5.43 Å². The number of halogens is 1. The molecule has 0 saturated carbocycles. The van der Waals surface area contributed by atoms with E-state index in [0.29, 0.717) is 6.61 Å². The first-order valence-corrected chi connectivity index (χ1v) is 9.44. The lowest BCUT2D eigenvalue weighted by molar-refractivity contribution is 0.345. The molecule has 1 N–H and O–H groups in total. The van der Waals surface area contributed by atoms with E-state index in [0.717, 1.165) is 33.0 Å².